The second kappa shape index (κ2) is 24.9. The van der Waals surface area contributed by atoms with Crippen molar-refractivity contribution in [3.8, 4) is 0 Å². The largest absolute Gasteiger partial charge is 0.465 e. The molecule has 0 spiro atoms. The number of esters is 1. The van der Waals surface area contributed by atoms with Crippen LogP contribution in [0.2, 0.25) is 0 Å². The number of hydrogen-bond donors (Lipinski definition) is 2. The van der Waals surface area contributed by atoms with Gasteiger partial charge >= 0.3 is 18.3 Å². The highest BCUT2D eigenvalue weighted by Crippen LogP contribution is 2.30. The molecule has 3 heterocycles. The number of ether oxygens (including phenoxy) is 1. The zero-order valence-electron chi connectivity index (χ0n) is 26.6. The van der Waals surface area contributed by atoms with Gasteiger partial charge in [-0.25, -0.2) is 0 Å². The van der Waals surface area contributed by atoms with E-state index in [0.29, 0.717) is 12.5 Å². The molecule has 1 amide bonds. The Morgan fingerprint density at radius 1 is 1.09 bits per heavy atom. The second-order valence-electron chi connectivity index (χ2n) is 9.43. The first-order valence-electron chi connectivity index (χ1n) is 13.9. The van der Waals surface area contributed by atoms with Gasteiger partial charge in [-0.3, -0.25) is 29.1 Å². The molecule has 16 nitrogen and oxygen atoms in total. The van der Waals surface area contributed by atoms with Gasteiger partial charge in [0.05, 0.1) is 23.9 Å². The highest BCUT2D eigenvalue weighted by atomic mass is 16.6. The van der Waals surface area contributed by atoms with E-state index in [4.69, 9.17) is 29.0 Å². The van der Waals surface area contributed by atoms with Gasteiger partial charge in [-0.15, -0.1) is 0 Å². The van der Waals surface area contributed by atoms with Crippen LogP contribution in [0.15, 0.2) is 12.1 Å². The summed E-state index contributed by atoms with van der Waals surface area (Å²) in [6.07, 6.45) is 2.40. The average molecular weight is 644 g/mol. The number of aliphatic hydroxyl groups excluding tert-OH is 1. The first-order chi connectivity index (χ1) is 20.8. The van der Waals surface area contributed by atoms with E-state index in [1.807, 2.05) is 40.1 Å². The molecule has 0 bridgehead atoms. The van der Waals surface area contributed by atoms with Crippen molar-refractivity contribution in [2.45, 2.75) is 73.6 Å². The summed E-state index contributed by atoms with van der Waals surface area (Å²) in [6.45, 7) is 12.4. The van der Waals surface area contributed by atoms with Crippen LogP contribution in [0, 0.1) is 35.8 Å². The van der Waals surface area contributed by atoms with E-state index in [9.17, 15) is 19.7 Å². The topological polar surface area (TPSA) is 223 Å². The van der Waals surface area contributed by atoms with Gasteiger partial charge in [0.15, 0.2) is 0 Å². The molecule has 2 aromatic heterocycles. The van der Waals surface area contributed by atoms with Gasteiger partial charge in [0.25, 0.3) is 0 Å². The Morgan fingerprint density at radius 2 is 1.56 bits per heavy atom. The number of hydrogen-bond acceptors (Lipinski definition) is 12. The van der Waals surface area contributed by atoms with Crippen LogP contribution in [0.5, 0.6) is 0 Å². The van der Waals surface area contributed by atoms with E-state index >= 15 is 0 Å². The lowest BCUT2D eigenvalue weighted by molar-refractivity contribution is -0.485. The maximum Gasteiger partial charge on any atom is 0.373 e. The summed E-state index contributed by atoms with van der Waals surface area (Å²) in [7, 11) is 3.71. The highest BCUT2D eigenvalue weighted by molar-refractivity contribution is 6.00. The number of aryl methyl sites for hydroxylation is 4. The molecule has 0 radical (unpaired) electrons. The number of rotatable bonds is 9. The Bertz CT molecular complexity index is 1180. The zero-order chi connectivity index (χ0) is 34.4. The molecule has 1 fully saturated rings. The van der Waals surface area contributed by atoms with Crippen molar-refractivity contribution >= 4 is 24.2 Å². The lowest BCUT2D eigenvalue weighted by Crippen LogP contribution is -2.29. The summed E-state index contributed by atoms with van der Waals surface area (Å²) < 4.78 is 8.47. The van der Waals surface area contributed by atoms with E-state index < -0.39 is 11.9 Å². The fraction of sp³-hybridized carbons (Fsp3) is 0.655. The third kappa shape index (κ3) is 15.7. The van der Waals surface area contributed by atoms with Crippen LogP contribution < -0.4 is 5.32 Å². The fourth-order valence-corrected chi connectivity index (χ4v) is 4.44. The van der Waals surface area contributed by atoms with Gasteiger partial charge in [0.1, 0.15) is 5.92 Å². The van der Waals surface area contributed by atoms with Crippen molar-refractivity contribution in [3.05, 3.63) is 45.0 Å². The number of nitro groups is 1. The molecule has 1 aliphatic rings. The van der Waals surface area contributed by atoms with Crippen LogP contribution >= 0.6 is 0 Å². The van der Waals surface area contributed by atoms with Gasteiger partial charge in [0.2, 0.25) is 12.5 Å². The van der Waals surface area contributed by atoms with Crippen molar-refractivity contribution in [2.24, 2.45) is 25.9 Å². The average Bonchev–Trinajstić information content (AvgIpc) is 3.61. The fourth-order valence-electron chi connectivity index (χ4n) is 4.44. The molecule has 0 aromatic carbocycles. The second-order valence-corrected chi connectivity index (χ2v) is 9.43. The van der Waals surface area contributed by atoms with Crippen LogP contribution in [0.3, 0.4) is 0 Å². The standard InChI is InChI=1S/C12H17N3O3.C12H21N3O2.C2H6O.2CO2.CH4.H2/c1-4-18-12(17)10-8(6-13-11(10)16)9-5-7(2)15(3)14-9;1-5-10(6-2)11(8-15(16)17)12-7-9(3)14(4)13-12;1-2-3;2*2-1-3;;/h5,8,10H,4,6H2,1-3H3,(H,13,16);7,10-11H,5-6,8H2,1-4H3;3H,2H2,1H3;;;1H4;1H/t8-,10-;11-;;;;;/m11...../s1/i;;;;;;1+1. The Hall–Kier alpha value is -4.52. The molecule has 16 heteroatoms. The SMILES string of the molecule is C.CCC(CC)[C@@H](C[N+](=O)[O-])c1cc(C)n(C)n1.CCO.CCOC(=O)[C@H]1C(=O)NC[C@@H]1c1cc(C)n(C)n1.O=C=O.O=C=O.[2HH]. The Labute approximate surface area is 265 Å². The molecule has 45 heavy (non-hydrogen) atoms. The van der Waals surface area contributed by atoms with Gasteiger partial charge in [-0.05, 0) is 45.7 Å². The minimum absolute atomic E-state index is 0. The maximum absolute atomic E-state index is 11.8. The van der Waals surface area contributed by atoms with Crippen LogP contribution in [0.4, 0.5) is 0 Å². The Kier molecular flexibility index (Phi) is 24.8. The number of amides is 1. The van der Waals surface area contributed by atoms with Gasteiger partial charge in [-0.1, -0.05) is 34.1 Å². The molecule has 3 rings (SSSR count). The van der Waals surface area contributed by atoms with E-state index in [2.05, 4.69) is 29.4 Å². The van der Waals surface area contributed by atoms with Crippen molar-refractivity contribution in [2.75, 3.05) is 26.3 Å². The smallest absolute Gasteiger partial charge is 0.373 e. The van der Waals surface area contributed by atoms with E-state index in [-0.39, 0.29) is 63.6 Å². The summed E-state index contributed by atoms with van der Waals surface area (Å²) in [5, 5.41) is 29.8. The molecule has 0 aliphatic carbocycles. The Morgan fingerprint density at radius 3 is 1.91 bits per heavy atom. The minimum atomic E-state index is -0.778. The maximum atomic E-state index is 11.8. The first-order valence-corrected chi connectivity index (χ1v) is 13.9. The number of aliphatic hydroxyl groups is 1. The third-order valence-corrected chi connectivity index (χ3v) is 6.71. The molecule has 0 saturated carbocycles. The Balaban J connectivity index is -0.000000295. The first kappa shape index (κ1) is 44.9. The highest BCUT2D eigenvalue weighted by Gasteiger charge is 2.43. The lowest BCUT2D eigenvalue weighted by atomic mass is 9.85. The van der Waals surface area contributed by atoms with Gasteiger partial charge in [-0.2, -0.15) is 29.4 Å². The quantitative estimate of drug-likeness (QED) is 0.174. The number of nitrogens with one attached hydrogen (secondary N) is 1. The van der Waals surface area contributed by atoms with Crippen LogP contribution in [0.1, 0.15) is 84.0 Å². The molecule has 1 saturated heterocycles. The number of nitrogens with zero attached hydrogens (tertiary/aromatic N) is 5. The van der Waals surface area contributed by atoms with E-state index in [0.717, 1.165) is 35.6 Å². The van der Waals surface area contributed by atoms with Gasteiger partial charge < -0.3 is 15.2 Å². The molecular formula is C29H50N6O10. The molecular weight excluding hydrogens is 592 g/mol. The van der Waals surface area contributed by atoms with Crippen molar-refractivity contribution in [1.29, 1.82) is 0 Å². The minimum Gasteiger partial charge on any atom is -0.465 e. The normalized spacial score (nSPS) is 14.8. The van der Waals surface area contributed by atoms with E-state index in [1.54, 1.807) is 23.2 Å². The third-order valence-electron chi connectivity index (χ3n) is 6.71. The number of carbonyl (C=O) groups excluding carboxylic acids is 6. The van der Waals surface area contributed by atoms with Crippen LogP contribution in [0.25, 0.3) is 0 Å². The molecule has 2 N–H and O–H groups in total. The predicted molar refractivity (Wildman–Crippen MR) is 162 cm³/mol. The van der Waals surface area contributed by atoms with Crippen molar-refractivity contribution in [1.82, 2.24) is 24.9 Å². The lowest BCUT2D eigenvalue weighted by Gasteiger charge is -2.19. The predicted octanol–water partition coefficient (Wildman–Crippen LogP) is 2.36. The van der Waals surface area contributed by atoms with Crippen molar-refractivity contribution < 1.29 is 45.0 Å². The zero-order valence-corrected chi connectivity index (χ0v) is 26.6. The summed E-state index contributed by atoms with van der Waals surface area (Å²) in [5.74, 6) is -1.51. The monoisotopic (exact) mass is 643 g/mol. The van der Waals surface area contributed by atoms with Crippen molar-refractivity contribution in [3.63, 3.8) is 0 Å². The summed E-state index contributed by atoms with van der Waals surface area (Å²) in [6, 6.07) is 3.86. The molecule has 1 aliphatic heterocycles. The molecule has 3 atom stereocenters. The summed E-state index contributed by atoms with van der Waals surface area (Å²) in [5.41, 5.74) is 3.65. The number of carbonyl (C=O) groups is 2. The van der Waals surface area contributed by atoms with Crippen LogP contribution in [-0.2, 0) is 47.6 Å². The molecule has 256 valence electrons. The summed E-state index contributed by atoms with van der Waals surface area (Å²) in [4.78, 5) is 66.6. The van der Waals surface area contributed by atoms with Gasteiger partial charge in [0, 0.05) is 50.9 Å². The molecule has 2 aromatic rings. The van der Waals surface area contributed by atoms with E-state index in [1.165, 1.54) is 0 Å². The number of aromatic nitrogens is 4. The molecule has 0 unspecified atom stereocenters. The van der Waals surface area contributed by atoms with Crippen LogP contribution in [-0.4, -0.2) is 80.1 Å². The summed E-state index contributed by atoms with van der Waals surface area (Å²) >= 11 is 0.